The Morgan fingerprint density at radius 3 is 2.19 bits per heavy atom. The summed E-state index contributed by atoms with van der Waals surface area (Å²) in [6, 6.07) is 4.91. The second kappa shape index (κ2) is 4.91. The van der Waals surface area contributed by atoms with Crippen LogP contribution < -0.4 is 0 Å². The SMILES string of the molecule is CCc1cc2c(cc1CC)C(Br)CCC2C. The molecule has 0 heterocycles. The van der Waals surface area contributed by atoms with Gasteiger partial charge in [-0.2, -0.15) is 0 Å². The van der Waals surface area contributed by atoms with E-state index in [1.54, 1.807) is 22.3 Å². The third-order valence-electron chi connectivity index (χ3n) is 3.89. The standard InChI is InChI=1S/C15H21Br/c1-4-11-8-13-10(3)6-7-15(16)14(13)9-12(11)5-2/h8-10,15H,4-7H2,1-3H3. The summed E-state index contributed by atoms with van der Waals surface area (Å²) in [5, 5.41) is 0. The van der Waals surface area contributed by atoms with E-state index in [1.165, 1.54) is 12.8 Å². The number of hydrogen-bond donors (Lipinski definition) is 0. The quantitative estimate of drug-likeness (QED) is 0.658. The molecule has 0 spiro atoms. The fourth-order valence-electron chi connectivity index (χ4n) is 2.79. The van der Waals surface area contributed by atoms with E-state index in [9.17, 15) is 0 Å². The summed E-state index contributed by atoms with van der Waals surface area (Å²) in [7, 11) is 0. The van der Waals surface area contributed by atoms with Crippen LogP contribution in [0.1, 0.15) is 66.6 Å². The van der Waals surface area contributed by atoms with Crippen molar-refractivity contribution in [2.75, 3.05) is 0 Å². The Morgan fingerprint density at radius 2 is 1.62 bits per heavy atom. The first-order valence-corrected chi connectivity index (χ1v) is 7.38. The second-order valence-electron chi connectivity index (χ2n) is 4.90. The van der Waals surface area contributed by atoms with Gasteiger partial charge >= 0.3 is 0 Å². The number of hydrogen-bond acceptors (Lipinski definition) is 0. The molecule has 0 aliphatic heterocycles. The monoisotopic (exact) mass is 280 g/mol. The van der Waals surface area contributed by atoms with E-state index in [2.05, 4.69) is 48.8 Å². The Bertz CT molecular complexity index is 344. The van der Waals surface area contributed by atoms with Crippen molar-refractivity contribution in [3.05, 3.63) is 34.4 Å². The predicted molar refractivity (Wildman–Crippen MR) is 74.5 cm³/mol. The Morgan fingerprint density at radius 1 is 1.06 bits per heavy atom. The van der Waals surface area contributed by atoms with E-state index in [1.807, 2.05) is 0 Å². The summed E-state index contributed by atoms with van der Waals surface area (Å²) < 4.78 is 0. The van der Waals surface area contributed by atoms with Gasteiger partial charge in [-0.05, 0) is 53.9 Å². The maximum atomic E-state index is 3.82. The van der Waals surface area contributed by atoms with Crippen LogP contribution in [0.4, 0.5) is 0 Å². The summed E-state index contributed by atoms with van der Waals surface area (Å²) in [4.78, 5) is 0.579. The van der Waals surface area contributed by atoms with Crippen LogP contribution in [0.25, 0.3) is 0 Å². The molecule has 88 valence electrons. The third-order valence-corrected chi connectivity index (χ3v) is 4.84. The molecule has 0 nitrogen and oxygen atoms in total. The molecule has 0 N–H and O–H groups in total. The zero-order valence-corrected chi connectivity index (χ0v) is 12.1. The molecule has 2 unspecified atom stereocenters. The molecule has 0 aromatic heterocycles. The van der Waals surface area contributed by atoms with Crippen molar-refractivity contribution >= 4 is 15.9 Å². The average Bonchev–Trinajstić information content (AvgIpc) is 2.32. The molecule has 0 saturated heterocycles. The topological polar surface area (TPSA) is 0 Å². The van der Waals surface area contributed by atoms with E-state index in [4.69, 9.17) is 0 Å². The van der Waals surface area contributed by atoms with Gasteiger partial charge in [0.05, 0.1) is 0 Å². The van der Waals surface area contributed by atoms with Crippen LogP contribution in [0.5, 0.6) is 0 Å². The normalized spacial score (nSPS) is 24.2. The molecule has 1 aromatic rings. The van der Waals surface area contributed by atoms with Gasteiger partial charge in [-0.3, -0.25) is 0 Å². The lowest BCUT2D eigenvalue weighted by atomic mass is 9.81. The number of halogens is 1. The summed E-state index contributed by atoms with van der Waals surface area (Å²) in [5.74, 6) is 0.736. The highest BCUT2D eigenvalue weighted by Crippen LogP contribution is 2.42. The number of alkyl halides is 1. The van der Waals surface area contributed by atoms with Crippen molar-refractivity contribution < 1.29 is 0 Å². The lowest BCUT2D eigenvalue weighted by Gasteiger charge is -2.28. The van der Waals surface area contributed by atoms with Crippen LogP contribution in [-0.2, 0) is 12.8 Å². The average molecular weight is 281 g/mol. The molecular formula is C15H21Br. The molecule has 0 radical (unpaired) electrons. The molecule has 0 saturated carbocycles. The van der Waals surface area contributed by atoms with Gasteiger partial charge in [0.15, 0.2) is 0 Å². The van der Waals surface area contributed by atoms with Gasteiger partial charge in [0.2, 0.25) is 0 Å². The maximum Gasteiger partial charge on any atom is 0.0398 e. The highest BCUT2D eigenvalue weighted by atomic mass is 79.9. The summed E-state index contributed by atoms with van der Waals surface area (Å²) in [5.41, 5.74) is 6.23. The molecule has 0 fully saturated rings. The molecule has 2 atom stereocenters. The van der Waals surface area contributed by atoms with Crippen molar-refractivity contribution in [3.8, 4) is 0 Å². The van der Waals surface area contributed by atoms with Crippen molar-refractivity contribution in [2.24, 2.45) is 0 Å². The number of aryl methyl sites for hydroxylation is 2. The summed E-state index contributed by atoms with van der Waals surface area (Å²) >= 11 is 3.82. The van der Waals surface area contributed by atoms with Gasteiger partial charge < -0.3 is 0 Å². The Labute approximate surface area is 108 Å². The highest BCUT2D eigenvalue weighted by molar-refractivity contribution is 9.09. The molecule has 0 bridgehead atoms. The van der Waals surface area contributed by atoms with Crippen LogP contribution in [0.3, 0.4) is 0 Å². The first-order valence-electron chi connectivity index (χ1n) is 6.47. The van der Waals surface area contributed by atoms with Crippen molar-refractivity contribution in [1.82, 2.24) is 0 Å². The van der Waals surface area contributed by atoms with Gasteiger partial charge in [-0.1, -0.05) is 48.8 Å². The van der Waals surface area contributed by atoms with Gasteiger partial charge in [-0.25, -0.2) is 0 Å². The van der Waals surface area contributed by atoms with E-state index in [0.29, 0.717) is 4.83 Å². The lowest BCUT2D eigenvalue weighted by molar-refractivity contribution is 0.585. The molecular weight excluding hydrogens is 260 g/mol. The van der Waals surface area contributed by atoms with E-state index >= 15 is 0 Å². The van der Waals surface area contributed by atoms with Crippen LogP contribution >= 0.6 is 15.9 Å². The first-order chi connectivity index (χ1) is 7.67. The lowest BCUT2D eigenvalue weighted by Crippen LogP contribution is -2.11. The zero-order valence-electron chi connectivity index (χ0n) is 10.5. The Hall–Kier alpha value is -0.300. The Kier molecular flexibility index (Phi) is 3.73. The van der Waals surface area contributed by atoms with E-state index < -0.39 is 0 Å². The van der Waals surface area contributed by atoms with Gasteiger partial charge in [0.1, 0.15) is 0 Å². The van der Waals surface area contributed by atoms with Gasteiger partial charge in [0, 0.05) is 4.83 Å². The van der Waals surface area contributed by atoms with E-state index in [0.717, 1.165) is 18.8 Å². The maximum absolute atomic E-state index is 3.82. The molecule has 2 rings (SSSR count). The second-order valence-corrected chi connectivity index (χ2v) is 6.01. The smallest absolute Gasteiger partial charge is 0.0398 e. The van der Waals surface area contributed by atoms with Crippen molar-refractivity contribution in [3.63, 3.8) is 0 Å². The molecule has 1 heteroatoms. The van der Waals surface area contributed by atoms with Crippen LogP contribution in [-0.4, -0.2) is 0 Å². The largest absolute Gasteiger partial charge is 0.0839 e. The summed E-state index contributed by atoms with van der Waals surface area (Å²) in [6.45, 7) is 6.89. The van der Waals surface area contributed by atoms with Crippen LogP contribution in [0, 0.1) is 0 Å². The number of rotatable bonds is 2. The minimum atomic E-state index is 0.579. The molecule has 16 heavy (non-hydrogen) atoms. The van der Waals surface area contributed by atoms with E-state index in [-0.39, 0.29) is 0 Å². The minimum absolute atomic E-state index is 0.579. The molecule has 0 amide bonds. The molecule has 1 aromatic carbocycles. The highest BCUT2D eigenvalue weighted by Gasteiger charge is 2.23. The fraction of sp³-hybridized carbons (Fsp3) is 0.600. The first kappa shape index (κ1) is 12.2. The number of fused-ring (bicyclic) bond motifs is 1. The molecule has 1 aliphatic rings. The van der Waals surface area contributed by atoms with Gasteiger partial charge in [0.25, 0.3) is 0 Å². The van der Waals surface area contributed by atoms with Crippen LogP contribution in [0.2, 0.25) is 0 Å². The van der Waals surface area contributed by atoms with Crippen LogP contribution in [0.15, 0.2) is 12.1 Å². The third kappa shape index (κ3) is 2.07. The predicted octanol–water partition coefficient (Wildman–Crippen LogP) is 5.14. The number of benzene rings is 1. The van der Waals surface area contributed by atoms with Gasteiger partial charge in [-0.15, -0.1) is 0 Å². The zero-order chi connectivity index (χ0) is 11.7. The fourth-order valence-corrected chi connectivity index (χ4v) is 3.45. The summed E-state index contributed by atoms with van der Waals surface area (Å²) in [6.07, 6.45) is 4.92. The molecule has 1 aliphatic carbocycles. The minimum Gasteiger partial charge on any atom is -0.0839 e. The van der Waals surface area contributed by atoms with Crippen molar-refractivity contribution in [1.29, 1.82) is 0 Å². The van der Waals surface area contributed by atoms with Crippen molar-refractivity contribution in [2.45, 2.75) is 57.2 Å². The Balaban J connectivity index is 2.53.